The maximum absolute atomic E-state index is 6.05. The highest BCUT2D eigenvalue weighted by atomic mass is 16.5. The largest absolute Gasteiger partial charge is 0.477 e. The second kappa shape index (κ2) is 7.99. The van der Waals surface area contributed by atoms with Crippen LogP contribution in [0.15, 0.2) is 30.3 Å². The third kappa shape index (κ3) is 4.18. The minimum Gasteiger partial charge on any atom is -0.477 e. The predicted molar refractivity (Wildman–Crippen MR) is 88.4 cm³/mol. The van der Waals surface area contributed by atoms with Crippen molar-refractivity contribution in [2.45, 2.75) is 46.1 Å². The van der Waals surface area contributed by atoms with Crippen LogP contribution in [0.5, 0.6) is 5.88 Å². The van der Waals surface area contributed by atoms with Gasteiger partial charge in [0.2, 0.25) is 5.88 Å². The van der Waals surface area contributed by atoms with Crippen LogP contribution in [0.3, 0.4) is 0 Å². The van der Waals surface area contributed by atoms with E-state index in [0.717, 1.165) is 35.4 Å². The van der Waals surface area contributed by atoms with Crippen LogP contribution in [0, 0.1) is 5.92 Å². The number of fused-ring (bicyclic) bond motifs is 1. The van der Waals surface area contributed by atoms with Crippen molar-refractivity contribution in [3.05, 3.63) is 36.0 Å². The van der Waals surface area contributed by atoms with Gasteiger partial charge >= 0.3 is 0 Å². The van der Waals surface area contributed by atoms with Crippen molar-refractivity contribution in [3.8, 4) is 5.88 Å². The molecule has 1 aromatic heterocycles. The van der Waals surface area contributed by atoms with Gasteiger partial charge < -0.3 is 10.5 Å². The highest BCUT2D eigenvalue weighted by molar-refractivity contribution is 5.87. The smallest absolute Gasteiger partial charge is 0.221 e. The standard InChI is InChI=1S/C18H26N2O/c1-3-5-8-14(4-2)13-21-18-17-10-7-6-9-15(17)11-16(12-19)20-18/h6-7,9-11,14H,3-5,8,12-13,19H2,1-2H3. The molecule has 0 amide bonds. The van der Waals surface area contributed by atoms with Crippen LogP contribution in [0.2, 0.25) is 0 Å². The first-order chi connectivity index (χ1) is 10.3. The molecular weight excluding hydrogens is 260 g/mol. The molecule has 2 rings (SSSR count). The summed E-state index contributed by atoms with van der Waals surface area (Å²) in [6, 6.07) is 10.2. The van der Waals surface area contributed by atoms with Gasteiger partial charge in [0, 0.05) is 11.9 Å². The summed E-state index contributed by atoms with van der Waals surface area (Å²) < 4.78 is 6.05. The number of nitrogens with two attached hydrogens (primary N) is 1. The lowest BCUT2D eigenvalue weighted by Crippen LogP contribution is -2.13. The summed E-state index contributed by atoms with van der Waals surface area (Å²) in [4.78, 5) is 4.56. The summed E-state index contributed by atoms with van der Waals surface area (Å²) >= 11 is 0. The van der Waals surface area contributed by atoms with E-state index in [2.05, 4.69) is 31.0 Å². The van der Waals surface area contributed by atoms with Gasteiger partial charge in [0.1, 0.15) is 0 Å². The first-order valence-electron chi connectivity index (χ1n) is 8.00. The topological polar surface area (TPSA) is 48.1 Å². The Balaban J connectivity index is 2.16. The van der Waals surface area contributed by atoms with Gasteiger partial charge in [-0.3, -0.25) is 0 Å². The monoisotopic (exact) mass is 286 g/mol. The summed E-state index contributed by atoms with van der Waals surface area (Å²) in [5, 5.41) is 2.21. The van der Waals surface area contributed by atoms with Gasteiger partial charge in [0.25, 0.3) is 0 Å². The minimum absolute atomic E-state index is 0.439. The van der Waals surface area contributed by atoms with Crippen molar-refractivity contribution in [3.63, 3.8) is 0 Å². The number of hydrogen-bond acceptors (Lipinski definition) is 3. The Morgan fingerprint density at radius 3 is 2.76 bits per heavy atom. The molecule has 0 saturated heterocycles. The summed E-state index contributed by atoms with van der Waals surface area (Å²) in [7, 11) is 0. The first-order valence-corrected chi connectivity index (χ1v) is 8.00. The molecule has 0 radical (unpaired) electrons. The number of benzene rings is 1. The molecule has 0 fully saturated rings. The van der Waals surface area contributed by atoms with Gasteiger partial charge in [-0.05, 0) is 29.9 Å². The van der Waals surface area contributed by atoms with E-state index in [4.69, 9.17) is 10.5 Å². The van der Waals surface area contributed by atoms with E-state index in [1.165, 1.54) is 19.3 Å². The third-order valence-electron chi connectivity index (χ3n) is 3.97. The SMILES string of the molecule is CCCCC(CC)COc1nc(CN)cc2ccccc12. The van der Waals surface area contributed by atoms with Crippen LogP contribution in [0.1, 0.15) is 45.2 Å². The molecule has 21 heavy (non-hydrogen) atoms. The van der Waals surface area contributed by atoms with Crippen LogP contribution < -0.4 is 10.5 Å². The lowest BCUT2D eigenvalue weighted by atomic mass is 10.0. The molecule has 3 heteroatoms. The summed E-state index contributed by atoms with van der Waals surface area (Å²) in [6.45, 7) is 5.63. The normalized spacial score (nSPS) is 12.5. The molecule has 1 aromatic carbocycles. The first kappa shape index (κ1) is 15.8. The fourth-order valence-corrected chi connectivity index (χ4v) is 2.53. The molecule has 3 nitrogen and oxygen atoms in total. The molecule has 0 aliphatic rings. The van der Waals surface area contributed by atoms with Crippen molar-refractivity contribution < 1.29 is 4.74 Å². The minimum atomic E-state index is 0.439. The Hall–Kier alpha value is -1.61. The molecule has 0 saturated carbocycles. The van der Waals surface area contributed by atoms with Gasteiger partial charge in [-0.1, -0.05) is 51.3 Å². The second-order valence-electron chi connectivity index (χ2n) is 5.57. The highest BCUT2D eigenvalue weighted by Gasteiger charge is 2.10. The average molecular weight is 286 g/mol. The fourth-order valence-electron chi connectivity index (χ4n) is 2.53. The molecule has 1 heterocycles. The van der Waals surface area contributed by atoms with Gasteiger partial charge in [-0.25, -0.2) is 4.98 Å². The van der Waals surface area contributed by atoms with Crippen molar-refractivity contribution in [1.82, 2.24) is 4.98 Å². The van der Waals surface area contributed by atoms with Crippen molar-refractivity contribution >= 4 is 10.8 Å². The zero-order valence-electron chi connectivity index (χ0n) is 13.1. The van der Waals surface area contributed by atoms with Crippen LogP contribution in [0.25, 0.3) is 10.8 Å². The van der Waals surface area contributed by atoms with Crippen LogP contribution in [-0.4, -0.2) is 11.6 Å². The number of pyridine rings is 1. The second-order valence-corrected chi connectivity index (χ2v) is 5.57. The van der Waals surface area contributed by atoms with Gasteiger partial charge in [0.15, 0.2) is 0 Å². The lowest BCUT2D eigenvalue weighted by molar-refractivity contribution is 0.228. The van der Waals surface area contributed by atoms with Crippen LogP contribution in [0.4, 0.5) is 0 Å². The molecule has 1 unspecified atom stereocenters. The van der Waals surface area contributed by atoms with E-state index in [0.29, 0.717) is 12.5 Å². The Kier molecular flexibility index (Phi) is 6.00. The van der Waals surface area contributed by atoms with E-state index in [1.54, 1.807) is 0 Å². The number of aromatic nitrogens is 1. The molecular formula is C18H26N2O. The molecule has 0 spiro atoms. The van der Waals surface area contributed by atoms with Gasteiger partial charge in [-0.15, -0.1) is 0 Å². The van der Waals surface area contributed by atoms with Crippen LogP contribution in [-0.2, 0) is 6.54 Å². The number of nitrogens with zero attached hydrogens (tertiary/aromatic N) is 1. The summed E-state index contributed by atoms with van der Waals surface area (Å²) in [6.07, 6.45) is 4.87. The molecule has 1 atom stereocenters. The van der Waals surface area contributed by atoms with Gasteiger partial charge in [0.05, 0.1) is 12.3 Å². The summed E-state index contributed by atoms with van der Waals surface area (Å²) in [5.74, 6) is 1.33. The maximum Gasteiger partial charge on any atom is 0.221 e. The fraction of sp³-hybridized carbons (Fsp3) is 0.500. The van der Waals surface area contributed by atoms with E-state index in [9.17, 15) is 0 Å². The van der Waals surface area contributed by atoms with Crippen molar-refractivity contribution in [1.29, 1.82) is 0 Å². The zero-order chi connectivity index (χ0) is 15.1. The van der Waals surface area contributed by atoms with E-state index in [1.807, 2.05) is 18.2 Å². The van der Waals surface area contributed by atoms with Crippen molar-refractivity contribution in [2.24, 2.45) is 11.7 Å². The molecule has 0 bridgehead atoms. The molecule has 2 aromatic rings. The molecule has 2 N–H and O–H groups in total. The maximum atomic E-state index is 6.05. The van der Waals surface area contributed by atoms with Crippen LogP contribution >= 0.6 is 0 Å². The lowest BCUT2D eigenvalue weighted by Gasteiger charge is -2.16. The zero-order valence-corrected chi connectivity index (χ0v) is 13.1. The number of unbranched alkanes of at least 4 members (excludes halogenated alkanes) is 1. The highest BCUT2D eigenvalue weighted by Crippen LogP contribution is 2.25. The van der Waals surface area contributed by atoms with Crippen molar-refractivity contribution in [2.75, 3.05) is 6.61 Å². The molecule has 0 aliphatic heterocycles. The predicted octanol–water partition coefficient (Wildman–Crippen LogP) is 4.29. The van der Waals surface area contributed by atoms with E-state index >= 15 is 0 Å². The quantitative estimate of drug-likeness (QED) is 0.787. The molecule has 114 valence electrons. The number of hydrogen-bond donors (Lipinski definition) is 1. The van der Waals surface area contributed by atoms with E-state index < -0.39 is 0 Å². The summed E-state index contributed by atoms with van der Waals surface area (Å²) in [5.41, 5.74) is 6.62. The Morgan fingerprint density at radius 2 is 2.05 bits per heavy atom. The average Bonchev–Trinajstić information content (AvgIpc) is 2.54. The Bertz CT molecular complexity index is 568. The number of ether oxygens (including phenoxy) is 1. The van der Waals surface area contributed by atoms with E-state index in [-0.39, 0.29) is 0 Å². The Labute approximate surface area is 127 Å². The number of rotatable bonds is 8. The molecule has 0 aliphatic carbocycles. The Morgan fingerprint density at radius 1 is 1.24 bits per heavy atom. The third-order valence-corrected chi connectivity index (χ3v) is 3.97. The van der Waals surface area contributed by atoms with Gasteiger partial charge in [-0.2, -0.15) is 0 Å².